The number of hydrogen-bond donors (Lipinski definition) is 4. The van der Waals surface area contributed by atoms with Crippen LogP contribution in [0.3, 0.4) is 0 Å². The number of nitro groups is 1. The molecule has 0 aliphatic heterocycles. The van der Waals surface area contributed by atoms with Crippen LogP contribution in [-0.2, 0) is 4.79 Å². The average Bonchev–Trinajstić information content (AvgIpc) is 2.77. The molecule has 0 radical (unpaired) electrons. The molecule has 1 atom stereocenters. The summed E-state index contributed by atoms with van der Waals surface area (Å²) in [5, 5.41) is 29.9. The van der Waals surface area contributed by atoms with Crippen LogP contribution in [0.4, 0.5) is 5.82 Å². The van der Waals surface area contributed by atoms with Crippen molar-refractivity contribution in [1.82, 2.24) is 10.3 Å². The summed E-state index contributed by atoms with van der Waals surface area (Å²) in [5.41, 5.74) is -0.120. The van der Waals surface area contributed by atoms with E-state index in [0.717, 1.165) is 6.07 Å². The Bertz CT molecular complexity index is 469. The van der Waals surface area contributed by atoms with Crippen LogP contribution in [0, 0.1) is 10.1 Å². The van der Waals surface area contributed by atoms with E-state index < -0.39 is 29.4 Å². The number of carbonyl (C=O) groups excluding carboxylic acids is 1. The predicted octanol–water partition coefficient (Wildman–Crippen LogP) is -0.512. The zero-order valence-electron chi connectivity index (χ0n) is 9.12. The van der Waals surface area contributed by atoms with Crippen LogP contribution in [0.5, 0.6) is 0 Å². The van der Waals surface area contributed by atoms with E-state index in [4.69, 9.17) is 10.2 Å². The van der Waals surface area contributed by atoms with Gasteiger partial charge >= 0.3 is 11.8 Å². The van der Waals surface area contributed by atoms with Gasteiger partial charge in [0.2, 0.25) is 0 Å². The predicted molar refractivity (Wildman–Crippen MR) is 58.0 cm³/mol. The standard InChI is InChI=1S/C9H11N3O6/c13-4-3-6(9(15)16)11-8(14)5-1-2-7(10-5)12(17)18/h1-2,6,10,13H,3-4H2,(H,11,14)(H,15,16)/t6-/m1/s1. The molecule has 0 saturated heterocycles. The van der Waals surface area contributed by atoms with Crippen molar-refractivity contribution in [1.29, 1.82) is 0 Å². The molecular weight excluding hydrogens is 246 g/mol. The van der Waals surface area contributed by atoms with Gasteiger partial charge in [0.15, 0.2) is 5.69 Å². The number of hydrogen-bond acceptors (Lipinski definition) is 5. The van der Waals surface area contributed by atoms with E-state index >= 15 is 0 Å². The molecule has 0 bridgehead atoms. The summed E-state index contributed by atoms with van der Waals surface area (Å²) in [6.45, 7) is -0.401. The van der Waals surface area contributed by atoms with Crippen molar-refractivity contribution in [2.24, 2.45) is 0 Å². The highest BCUT2D eigenvalue weighted by atomic mass is 16.6. The fourth-order valence-electron chi connectivity index (χ4n) is 1.25. The molecule has 4 N–H and O–H groups in total. The Kier molecular flexibility index (Phi) is 4.38. The molecule has 0 saturated carbocycles. The van der Waals surface area contributed by atoms with E-state index in [2.05, 4.69) is 10.3 Å². The number of amides is 1. The van der Waals surface area contributed by atoms with E-state index in [1.807, 2.05) is 0 Å². The first-order valence-corrected chi connectivity index (χ1v) is 4.93. The van der Waals surface area contributed by atoms with Gasteiger partial charge in [-0.15, -0.1) is 0 Å². The highest BCUT2D eigenvalue weighted by Gasteiger charge is 2.22. The van der Waals surface area contributed by atoms with Gasteiger partial charge < -0.3 is 25.6 Å². The van der Waals surface area contributed by atoms with Crippen molar-refractivity contribution < 1.29 is 24.7 Å². The Morgan fingerprint density at radius 1 is 1.50 bits per heavy atom. The van der Waals surface area contributed by atoms with E-state index in [1.165, 1.54) is 6.07 Å². The van der Waals surface area contributed by atoms with Crippen molar-refractivity contribution in [3.05, 3.63) is 27.9 Å². The quantitative estimate of drug-likeness (QED) is 0.398. The molecule has 9 heteroatoms. The number of aliphatic hydroxyl groups excluding tert-OH is 1. The number of nitrogens with one attached hydrogen (secondary N) is 2. The summed E-state index contributed by atoms with van der Waals surface area (Å²) < 4.78 is 0. The summed E-state index contributed by atoms with van der Waals surface area (Å²) in [7, 11) is 0. The van der Waals surface area contributed by atoms with Crippen molar-refractivity contribution >= 4 is 17.7 Å². The van der Waals surface area contributed by atoms with E-state index in [-0.39, 0.29) is 17.9 Å². The van der Waals surface area contributed by atoms with Gasteiger partial charge in [-0.1, -0.05) is 0 Å². The van der Waals surface area contributed by atoms with Gasteiger partial charge in [0, 0.05) is 19.1 Å². The molecule has 9 nitrogen and oxygen atoms in total. The molecular formula is C9H11N3O6. The van der Waals surface area contributed by atoms with Crippen LogP contribution in [-0.4, -0.2) is 44.6 Å². The number of carboxylic acids is 1. The van der Waals surface area contributed by atoms with Crippen molar-refractivity contribution in [3.63, 3.8) is 0 Å². The molecule has 0 spiro atoms. The van der Waals surface area contributed by atoms with Crippen LogP contribution in [0.1, 0.15) is 16.9 Å². The van der Waals surface area contributed by atoms with Gasteiger partial charge in [0.05, 0.1) is 0 Å². The van der Waals surface area contributed by atoms with Gasteiger partial charge in [-0.25, -0.2) is 9.78 Å². The van der Waals surface area contributed by atoms with Gasteiger partial charge in [0.1, 0.15) is 6.04 Å². The Morgan fingerprint density at radius 2 is 2.17 bits per heavy atom. The smallest absolute Gasteiger partial charge is 0.326 e. The Balaban J connectivity index is 2.74. The second-order valence-electron chi connectivity index (χ2n) is 3.39. The molecule has 98 valence electrons. The third-order valence-corrected chi connectivity index (χ3v) is 2.13. The molecule has 1 amide bonds. The lowest BCUT2D eigenvalue weighted by Gasteiger charge is -2.11. The molecule has 1 rings (SSSR count). The maximum Gasteiger partial charge on any atom is 0.326 e. The molecule has 0 unspecified atom stereocenters. The highest BCUT2D eigenvalue weighted by molar-refractivity contribution is 5.95. The largest absolute Gasteiger partial charge is 0.480 e. The molecule has 0 aromatic carbocycles. The Morgan fingerprint density at radius 3 is 2.61 bits per heavy atom. The highest BCUT2D eigenvalue weighted by Crippen LogP contribution is 2.10. The van der Waals surface area contributed by atoms with E-state index in [1.54, 1.807) is 0 Å². The maximum atomic E-state index is 11.6. The lowest BCUT2D eigenvalue weighted by Crippen LogP contribution is -2.41. The topological polar surface area (TPSA) is 146 Å². The van der Waals surface area contributed by atoms with Gasteiger partial charge in [-0.3, -0.25) is 4.79 Å². The van der Waals surface area contributed by atoms with Crippen molar-refractivity contribution in [2.75, 3.05) is 6.61 Å². The molecule has 1 aromatic heterocycles. The van der Waals surface area contributed by atoms with Crippen molar-refractivity contribution in [2.45, 2.75) is 12.5 Å². The lowest BCUT2D eigenvalue weighted by molar-refractivity contribution is -0.389. The number of carboxylic acid groups (broad SMARTS) is 1. The Labute approximate surface area is 101 Å². The molecule has 0 aliphatic rings. The number of rotatable bonds is 6. The maximum absolute atomic E-state index is 11.6. The summed E-state index contributed by atoms with van der Waals surface area (Å²) in [5.74, 6) is -2.45. The first-order valence-electron chi connectivity index (χ1n) is 4.93. The SMILES string of the molecule is O=C(N[C@H](CCO)C(=O)O)c1ccc([N+](=O)[O-])[nH]1. The van der Waals surface area contributed by atoms with Crippen LogP contribution in [0.25, 0.3) is 0 Å². The first-order chi connectivity index (χ1) is 8.45. The lowest BCUT2D eigenvalue weighted by atomic mass is 10.2. The average molecular weight is 257 g/mol. The molecule has 1 heterocycles. The molecule has 0 aliphatic carbocycles. The molecule has 1 aromatic rings. The number of aliphatic hydroxyl groups is 1. The molecule has 18 heavy (non-hydrogen) atoms. The minimum absolute atomic E-state index is 0.120. The third kappa shape index (κ3) is 3.28. The second-order valence-corrected chi connectivity index (χ2v) is 3.39. The van der Waals surface area contributed by atoms with Crippen LogP contribution < -0.4 is 5.32 Å². The fourth-order valence-corrected chi connectivity index (χ4v) is 1.25. The number of aliphatic carboxylic acids is 1. The van der Waals surface area contributed by atoms with Crippen LogP contribution in [0.15, 0.2) is 12.1 Å². The number of nitrogens with zero attached hydrogens (tertiary/aromatic N) is 1. The zero-order valence-corrected chi connectivity index (χ0v) is 9.12. The monoisotopic (exact) mass is 257 g/mol. The minimum Gasteiger partial charge on any atom is -0.480 e. The minimum atomic E-state index is -1.29. The second kappa shape index (κ2) is 5.77. The van der Waals surface area contributed by atoms with E-state index in [9.17, 15) is 19.7 Å². The summed E-state index contributed by atoms with van der Waals surface area (Å²) in [6.07, 6.45) is -0.149. The summed E-state index contributed by atoms with van der Waals surface area (Å²) in [4.78, 5) is 34.2. The molecule has 0 fully saturated rings. The summed E-state index contributed by atoms with van der Waals surface area (Å²) >= 11 is 0. The number of aromatic amines is 1. The number of aromatic nitrogens is 1. The van der Waals surface area contributed by atoms with E-state index in [0.29, 0.717) is 0 Å². The van der Waals surface area contributed by atoms with Crippen molar-refractivity contribution in [3.8, 4) is 0 Å². The number of H-pyrrole nitrogens is 1. The zero-order chi connectivity index (χ0) is 13.7. The van der Waals surface area contributed by atoms with Crippen LogP contribution in [0.2, 0.25) is 0 Å². The first kappa shape index (κ1) is 13.6. The van der Waals surface area contributed by atoms with Crippen LogP contribution >= 0.6 is 0 Å². The van der Waals surface area contributed by atoms with Gasteiger partial charge in [-0.2, -0.15) is 0 Å². The summed E-state index contributed by atoms with van der Waals surface area (Å²) in [6, 6.07) is 1.02. The Hall–Kier alpha value is -2.42. The normalized spacial score (nSPS) is 11.8. The fraction of sp³-hybridized carbons (Fsp3) is 0.333. The number of carbonyl (C=O) groups is 2. The third-order valence-electron chi connectivity index (χ3n) is 2.13. The van der Waals surface area contributed by atoms with Gasteiger partial charge in [0.25, 0.3) is 5.91 Å². The van der Waals surface area contributed by atoms with Gasteiger partial charge in [-0.05, 0) is 11.0 Å².